The molecule has 0 aliphatic heterocycles. The quantitative estimate of drug-likeness (QED) is 0.346. The molecular weight excluding hydrogens is 473 g/mol. The number of rotatable bonds is 7. The van der Waals surface area contributed by atoms with Crippen LogP contribution in [0, 0.1) is 5.82 Å². The van der Waals surface area contributed by atoms with Crippen LogP contribution in [-0.4, -0.2) is 37.4 Å². The molecule has 11 heteroatoms. The fourth-order valence-corrected chi connectivity index (χ4v) is 3.74. The van der Waals surface area contributed by atoms with Gasteiger partial charge in [-0.05, 0) is 48.0 Å². The number of carbonyl (C=O) groups is 1. The van der Waals surface area contributed by atoms with Gasteiger partial charge in [0, 0.05) is 11.8 Å². The van der Waals surface area contributed by atoms with Crippen molar-refractivity contribution in [3.8, 4) is 17.0 Å². The standard InChI is InChI=1S/C25H19F3N6O2/c1-36-19-4-2-3-15(9-19)13-33-14-18(11-29-33)31-25(35)20-12-30-34-22(23(27)28)10-21(32-24(20)34)16-5-7-17(26)8-6-16/h2-12,14,23H,13H2,1H3,(H,31,35). The lowest BCUT2D eigenvalue weighted by Gasteiger charge is -2.08. The molecule has 0 saturated heterocycles. The minimum Gasteiger partial charge on any atom is -0.497 e. The number of hydrogen-bond donors (Lipinski definition) is 1. The maximum absolute atomic E-state index is 13.8. The fraction of sp³-hybridized carbons (Fsp3) is 0.120. The van der Waals surface area contributed by atoms with Crippen molar-refractivity contribution >= 4 is 17.2 Å². The monoisotopic (exact) mass is 492 g/mol. The average molecular weight is 492 g/mol. The molecule has 0 radical (unpaired) electrons. The van der Waals surface area contributed by atoms with Gasteiger partial charge < -0.3 is 10.1 Å². The van der Waals surface area contributed by atoms with E-state index in [0.29, 0.717) is 17.8 Å². The summed E-state index contributed by atoms with van der Waals surface area (Å²) in [6, 6.07) is 13.9. The molecular formula is C25H19F3N6O2. The van der Waals surface area contributed by atoms with Crippen LogP contribution in [0.5, 0.6) is 5.75 Å². The van der Waals surface area contributed by atoms with Gasteiger partial charge in [-0.1, -0.05) is 12.1 Å². The molecule has 0 aliphatic rings. The Kier molecular flexibility index (Phi) is 6.11. The van der Waals surface area contributed by atoms with Crippen LogP contribution in [0.4, 0.5) is 18.9 Å². The first-order valence-corrected chi connectivity index (χ1v) is 10.8. The molecule has 0 aliphatic carbocycles. The number of halogens is 3. The molecule has 0 unspecified atom stereocenters. The highest BCUT2D eigenvalue weighted by Gasteiger charge is 2.22. The number of carbonyl (C=O) groups excluding carboxylic acids is 1. The number of fused-ring (bicyclic) bond motifs is 1. The van der Waals surface area contributed by atoms with E-state index >= 15 is 0 Å². The molecule has 36 heavy (non-hydrogen) atoms. The maximum atomic E-state index is 13.8. The second-order valence-corrected chi connectivity index (χ2v) is 7.90. The van der Waals surface area contributed by atoms with Gasteiger partial charge >= 0.3 is 0 Å². The van der Waals surface area contributed by atoms with E-state index in [9.17, 15) is 18.0 Å². The minimum absolute atomic E-state index is 0.00130. The summed E-state index contributed by atoms with van der Waals surface area (Å²) in [6.45, 7) is 0.449. The van der Waals surface area contributed by atoms with Gasteiger partial charge in [0.1, 0.15) is 22.8 Å². The number of aromatic nitrogens is 5. The third kappa shape index (κ3) is 4.63. The van der Waals surface area contributed by atoms with Crippen LogP contribution in [0.1, 0.15) is 28.0 Å². The summed E-state index contributed by atoms with van der Waals surface area (Å²) in [5.41, 5.74) is 1.46. The molecule has 0 fully saturated rings. The summed E-state index contributed by atoms with van der Waals surface area (Å²) in [4.78, 5) is 17.4. The number of amides is 1. The van der Waals surface area contributed by atoms with E-state index in [1.165, 1.54) is 42.7 Å². The van der Waals surface area contributed by atoms with E-state index in [-0.39, 0.29) is 16.9 Å². The number of anilines is 1. The number of benzene rings is 2. The highest BCUT2D eigenvalue weighted by Crippen LogP contribution is 2.27. The van der Waals surface area contributed by atoms with Crippen LogP contribution in [0.3, 0.4) is 0 Å². The zero-order valence-corrected chi connectivity index (χ0v) is 18.9. The third-order valence-corrected chi connectivity index (χ3v) is 5.48. The van der Waals surface area contributed by atoms with Crippen molar-refractivity contribution in [1.29, 1.82) is 0 Å². The van der Waals surface area contributed by atoms with Gasteiger partial charge in [0.15, 0.2) is 5.65 Å². The Hall–Kier alpha value is -4.67. The van der Waals surface area contributed by atoms with Crippen LogP contribution < -0.4 is 10.1 Å². The van der Waals surface area contributed by atoms with Gasteiger partial charge in [0.2, 0.25) is 0 Å². The Balaban J connectivity index is 1.42. The van der Waals surface area contributed by atoms with Crippen LogP contribution in [0.25, 0.3) is 16.9 Å². The molecule has 2 aromatic carbocycles. The Bertz CT molecular complexity index is 1550. The van der Waals surface area contributed by atoms with Gasteiger partial charge in [-0.15, -0.1) is 0 Å². The Morgan fingerprint density at radius 1 is 1.08 bits per heavy atom. The van der Waals surface area contributed by atoms with E-state index in [2.05, 4.69) is 20.5 Å². The molecule has 1 amide bonds. The molecule has 3 aromatic heterocycles. The molecule has 5 aromatic rings. The number of nitrogens with zero attached hydrogens (tertiary/aromatic N) is 5. The molecule has 0 atom stereocenters. The van der Waals surface area contributed by atoms with Gasteiger partial charge in [0.25, 0.3) is 12.3 Å². The average Bonchev–Trinajstić information content (AvgIpc) is 3.50. The summed E-state index contributed by atoms with van der Waals surface area (Å²) in [6.07, 6.45) is 1.43. The topological polar surface area (TPSA) is 86.3 Å². The number of alkyl halides is 2. The van der Waals surface area contributed by atoms with Crippen LogP contribution in [0.15, 0.2) is 73.2 Å². The maximum Gasteiger partial charge on any atom is 0.280 e. The molecule has 0 spiro atoms. The first-order chi connectivity index (χ1) is 17.4. The van der Waals surface area contributed by atoms with Crippen molar-refractivity contribution in [2.45, 2.75) is 13.0 Å². The lowest BCUT2D eigenvalue weighted by atomic mass is 10.1. The normalized spacial score (nSPS) is 11.2. The van der Waals surface area contributed by atoms with E-state index in [1.54, 1.807) is 18.0 Å². The molecule has 3 heterocycles. The molecule has 0 bridgehead atoms. The summed E-state index contributed by atoms with van der Waals surface area (Å²) < 4.78 is 48.7. The Morgan fingerprint density at radius 3 is 2.64 bits per heavy atom. The summed E-state index contributed by atoms with van der Waals surface area (Å²) in [5, 5.41) is 10.9. The number of methoxy groups -OCH3 is 1. The van der Waals surface area contributed by atoms with Crippen molar-refractivity contribution in [1.82, 2.24) is 24.4 Å². The number of hydrogen-bond acceptors (Lipinski definition) is 5. The molecule has 182 valence electrons. The SMILES string of the molecule is COc1cccc(Cn2cc(NC(=O)c3cnn4c(C(F)F)cc(-c5ccc(F)cc5)nc34)cn2)c1. The second kappa shape index (κ2) is 9.53. The Morgan fingerprint density at radius 2 is 1.89 bits per heavy atom. The number of ether oxygens (including phenoxy) is 1. The van der Waals surface area contributed by atoms with E-state index in [1.807, 2.05) is 24.3 Å². The summed E-state index contributed by atoms with van der Waals surface area (Å²) in [7, 11) is 1.59. The molecule has 1 N–H and O–H groups in total. The van der Waals surface area contributed by atoms with Gasteiger partial charge in [-0.25, -0.2) is 22.7 Å². The largest absolute Gasteiger partial charge is 0.497 e. The molecule has 0 saturated carbocycles. The second-order valence-electron chi connectivity index (χ2n) is 7.90. The van der Waals surface area contributed by atoms with Gasteiger partial charge in [0.05, 0.1) is 37.4 Å². The highest BCUT2D eigenvalue weighted by atomic mass is 19.3. The summed E-state index contributed by atoms with van der Waals surface area (Å²) >= 11 is 0. The van der Waals surface area contributed by atoms with E-state index < -0.39 is 23.8 Å². The predicted octanol–water partition coefficient (Wildman–Crippen LogP) is 4.98. The van der Waals surface area contributed by atoms with Crippen molar-refractivity contribution in [2.75, 3.05) is 12.4 Å². The molecule has 5 rings (SSSR count). The van der Waals surface area contributed by atoms with Crippen molar-refractivity contribution in [3.05, 3.63) is 95.8 Å². The lowest BCUT2D eigenvalue weighted by Crippen LogP contribution is -2.12. The Labute approximate surface area is 203 Å². The predicted molar refractivity (Wildman–Crippen MR) is 126 cm³/mol. The van der Waals surface area contributed by atoms with E-state index in [4.69, 9.17) is 4.74 Å². The van der Waals surface area contributed by atoms with Crippen molar-refractivity contribution in [3.63, 3.8) is 0 Å². The van der Waals surface area contributed by atoms with E-state index in [0.717, 1.165) is 15.8 Å². The van der Waals surface area contributed by atoms with Crippen molar-refractivity contribution in [2.24, 2.45) is 0 Å². The minimum atomic E-state index is -2.87. The van der Waals surface area contributed by atoms with Gasteiger partial charge in [-0.2, -0.15) is 10.2 Å². The summed E-state index contributed by atoms with van der Waals surface area (Å²) in [5.74, 6) is -0.336. The van der Waals surface area contributed by atoms with Crippen molar-refractivity contribution < 1.29 is 22.7 Å². The molecule has 8 nitrogen and oxygen atoms in total. The zero-order valence-electron chi connectivity index (χ0n) is 18.9. The van der Waals surface area contributed by atoms with Crippen LogP contribution in [0.2, 0.25) is 0 Å². The smallest absolute Gasteiger partial charge is 0.280 e. The number of nitrogens with one attached hydrogen (secondary N) is 1. The van der Waals surface area contributed by atoms with Crippen LogP contribution in [-0.2, 0) is 6.54 Å². The highest BCUT2D eigenvalue weighted by molar-refractivity contribution is 6.08. The zero-order chi connectivity index (χ0) is 25.2. The third-order valence-electron chi connectivity index (χ3n) is 5.48. The van der Waals surface area contributed by atoms with Crippen LogP contribution >= 0.6 is 0 Å². The van der Waals surface area contributed by atoms with Gasteiger partial charge in [-0.3, -0.25) is 9.48 Å². The first-order valence-electron chi connectivity index (χ1n) is 10.8. The first kappa shape index (κ1) is 23.1. The lowest BCUT2D eigenvalue weighted by molar-refractivity contribution is 0.102. The fourth-order valence-electron chi connectivity index (χ4n) is 3.74.